The maximum atomic E-state index is 4.27. The Kier molecular flexibility index (Phi) is 6.37. The lowest BCUT2D eigenvalue weighted by molar-refractivity contribution is 0.153. The molecule has 2 heterocycles. The molecular weight excluding hydrogens is 294 g/mol. The number of halogens is 1. The molecule has 3 rings (SSSR count). The van der Waals surface area contributed by atoms with Crippen LogP contribution in [0.1, 0.15) is 29.7 Å². The van der Waals surface area contributed by atoms with E-state index in [1.807, 2.05) is 18.5 Å². The van der Waals surface area contributed by atoms with Crippen molar-refractivity contribution in [1.29, 1.82) is 0 Å². The van der Waals surface area contributed by atoms with E-state index in [4.69, 9.17) is 0 Å². The summed E-state index contributed by atoms with van der Waals surface area (Å²) < 4.78 is 0. The first kappa shape index (κ1) is 16.9. The first-order valence-electron chi connectivity index (χ1n) is 7.79. The topological polar surface area (TPSA) is 28.2 Å². The van der Waals surface area contributed by atoms with Gasteiger partial charge < -0.3 is 5.32 Å². The van der Waals surface area contributed by atoms with Crippen molar-refractivity contribution in [3.8, 4) is 0 Å². The summed E-state index contributed by atoms with van der Waals surface area (Å²) >= 11 is 0. The number of benzene rings is 1. The second-order valence-electron chi connectivity index (χ2n) is 5.65. The molecule has 0 amide bonds. The van der Waals surface area contributed by atoms with Gasteiger partial charge in [-0.2, -0.15) is 0 Å². The minimum atomic E-state index is 0. The third-order valence-corrected chi connectivity index (χ3v) is 4.24. The smallest absolute Gasteiger partial charge is 0.0491 e. The van der Waals surface area contributed by atoms with Gasteiger partial charge in [0.2, 0.25) is 0 Å². The quantitative estimate of drug-likeness (QED) is 0.938. The fourth-order valence-corrected chi connectivity index (χ4v) is 2.95. The number of rotatable bonds is 4. The predicted molar refractivity (Wildman–Crippen MR) is 93.3 cm³/mol. The van der Waals surface area contributed by atoms with Crippen molar-refractivity contribution in [3.63, 3.8) is 0 Å². The molecule has 0 radical (unpaired) electrons. The van der Waals surface area contributed by atoms with Crippen LogP contribution in [0.2, 0.25) is 0 Å². The molecule has 1 fully saturated rings. The monoisotopic (exact) mass is 317 g/mol. The van der Waals surface area contributed by atoms with E-state index in [9.17, 15) is 0 Å². The maximum absolute atomic E-state index is 4.27. The second-order valence-corrected chi connectivity index (χ2v) is 5.65. The van der Waals surface area contributed by atoms with E-state index in [-0.39, 0.29) is 12.4 Å². The molecule has 4 heteroatoms. The van der Waals surface area contributed by atoms with Crippen LogP contribution in [0.3, 0.4) is 0 Å². The molecule has 1 aliphatic heterocycles. The first-order chi connectivity index (χ1) is 10.4. The molecule has 0 spiro atoms. The average Bonchev–Trinajstić information content (AvgIpc) is 2.57. The molecular formula is C18H24ClN3. The number of piperazine rings is 1. The molecule has 1 unspecified atom stereocenters. The molecule has 1 aromatic carbocycles. The molecule has 118 valence electrons. The van der Waals surface area contributed by atoms with E-state index in [1.165, 1.54) is 16.7 Å². The fourth-order valence-electron chi connectivity index (χ4n) is 2.95. The van der Waals surface area contributed by atoms with Gasteiger partial charge in [-0.25, -0.2) is 0 Å². The summed E-state index contributed by atoms with van der Waals surface area (Å²) in [5.74, 6) is 0. The van der Waals surface area contributed by atoms with Gasteiger partial charge >= 0.3 is 0 Å². The van der Waals surface area contributed by atoms with Gasteiger partial charge in [-0.05, 0) is 29.2 Å². The fraction of sp³-hybridized carbons (Fsp3) is 0.389. The molecule has 1 aromatic heterocycles. The van der Waals surface area contributed by atoms with Gasteiger partial charge in [0.15, 0.2) is 0 Å². The van der Waals surface area contributed by atoms with Crippen molar-refractivity contribution in [2.75, 3.05) is 19.6 Å². The number of hydrogen-bond acceptors (Lipinski definition) is 3. The lowest BCUT2D eigenvalue weighted by Gasteiger charge is -2.36. The van der Waals surface area contributed by atoms with Crippen LogP contribution < -0.4 is 5.32 Å². The highest BCUT2D eigenvalue weighted by atomic mass is 35.5. The normalized spacial score (nSPS) is 18.7. The number of nitrogens with zero attached hydrogens (tertiary/aromatic N) is 2. The summed E-state index contributed by atoms with van der Waals surface area (Å²) in [7, 11) is 0. The molecule has 22 heavy (non-hydrogen) atoms. The largest absolute Gasteiger partial charge is 0.314 e. The Bertz CT molecular complexity index is 556. The number of aromatic nitrogens is 1. The SMILES string of the molecule is CCc1ccc(CN2CCNCC2c2cccnc2)cc1.Cl. The third-order valence-electron chi connectivity index (χ3n) is 4.24. The number of nitrogens with one attached hydrogen (secondary N) is 1. The third kappa shape index (κ3) is 4.07. The molecule has 1 atom stereocenters. The molecule has 1 N–H and O–H groups in total. The lowest BCUT2D eigenvalue weighted by Crippen LogP contribution is -2.45. The summed E-state index contributed by atoms with van der Waals surface area (Å²) in [6.07, 6.45) is 4.94. The van der Waals surface area contributed by atoms with Crippen molar-refractivity contribution in [1.82, 2.24) is 15.2 Å². The Morgan fingerprint density at radius 3 is 2.64 bits per heavy atom. The van der Waals surface area contributed by atoms with Gasteiger partial charge in [0.05, 0.1) is 0 Å². The highest BCUT2D eigenvalue weighted by Crippen LogP contribution is 2.23. The van der Waals surface area contributed by atoms with Gasteiger partial charge in [-0.1, -0.05) is 37.3 Å². The van der Waals surface area contributed by atoms with E-state index < -0.39 is 0 Å². The van der Waals surface area contributed by atoms with Crippen LogP contribution >= 0.6 is 12.4 Å². The van der Waals surface area contributed by atoms with Crippen LogP contribution in [0.25, 0.3) is 0 Å². The molecule has 0 bridgehead atoms. The van der Waals surface area contributed by atoms with Crippen LogP contribution in [0.15, 0.2) is 48.8 Å². The summed E-state index contributed by atoms with van der Waals surface area (Å²) in [5.41, 5.74) is 4.10. The lowest BCUT2D eigenvalue weighted by atomic mass is 10.0. The van der Waals surface area contributed by atoms with Crippen molar-refractivity contribution in [3.05, 3.63) is 65.5 Å². The average molecular weight is 318 g/mol. The second kappa shape index (κ2) is 8.28. The van der Waals surface area contributed by atoms with Crippen LogP contribution in [-0.2, 0) is 13.0 Å². The van der Waals surface area contributed by atoms with Crippen LogP contribution in [0.4, 0.5) is 0 Å². The van der Waals surface area contributed by atoms with Gasteiger partial charge in [0.25, 0.3) is 0 Å². The van der Waals surface area contributed by atoms with Gasteiger partial charge in [-0.3, -0.25) is 9.88 Å². The predicted octanol–water partition coefficient (Wildman–Crippen LogP) is 3.21. The van der Waals surface area contributed by atoms with E-state index in [2.05, 4.69) is 52.5 Å². The number of pyridine rings is 1. The maximum Gasteiger partial charge on any atom is 0.0491 e. The number of aryl methyl sites for hydroxylation is 1. The van der Waals surface area contributed by atoms with Gasteiger partial charge in [0.1, 0.15) is 0 Å². The van der Waals surface area contributed by atoms with Crippen LogP contribution in [0.5, 0.6) is 0 Å². The molecule has 1 aliphatic rings. The summed E-state index contributed by atoms with van der Waals surface area (Å²) in [6.45, 7) is 6.34. The summed E-state index contributed by atoms with van der Waals surface area (Å²) in [6, 6.07) is 13.6. The Morgan fingerprint density at radius 2 is 1.95 bits per heavy atom. The zero-order valence-corrected chi connectivity index (χ0v) is 13.9. The Hall–Kier alpha value is -1.42. The standard InChI is InChI=1S/C18H23N3.ClH/c1-2-15-5-7-16(8-6-15)14-21-11-10-20-13-18(21)17-4-3-9-19-12-17;/h3-9,12,18,20H,2,10-11,13-14H2,1H3;1H. The van der Waals surface area contributed by atoms with E-state index >= 15 is 0 Å². The van der Waals surface area contributed by atoms with Crippen molar-refractivity contribution >= 4 is 12.4 Å². The van der Waals surface area contributed by atoms with Crippen LogP contribution in [-0.4, -0.2) is 29.5 Å². The minimum Gasteiger partial charge on any atom is -0.314 e. The summed E-state index contributed by atoms with van der Waals surface area (Å²) in [5, 5.41) is 3.50. The molecule has 2 aromatic rings. The molecule has 3 nitrogen and oxygen atoms in total. The van der Waals surface area contributed by atoms with Crippen molar-refractivity contribution in [2.45, 2.75) is 25.9 Å². The Labute approximate surface area is 139 Å². The highest BCUT2D eigenvalue weighted by Gasteiger charge is 2.23. The van der Waals surface area contributed by atoms with E-state index in [0.717, 1.165) is 32.6 Å². The number of hydrogen-bond donors (Lipinski definition) is 1. The molecule has 1 saturated heterocycles. The van der Waals surface area contributed by atoms with E-state index in [0.29, 0.717) is 6.04 Å². The minimum absolute atomic E-state index is 0. The van der Waals surface area contributed by atoms with Gasteiger partial charge in [-0.15, -0.1) is 12.4 Å². The van der Waals surface area contributed by atoms with Crippen molar-refractivity contribution in [2.24, 2.45) is 0 Å². The Balaban J connectivity index is 0.00000176. The van der Waals surface area contributed by atoms with Crippen LogP contribution in [0, 0.1) is 0 Å². The molecule has 0 aliphatic carbocycles. The Morgan fingerprint density at radius 1 is 1.18 bits per heavy atom. The van der Waals surface area contributed by atoms with Crippen molar-refractivity contribution < 1.29 is 0 Å². The first-order valence-corrected chi connectivity index (χ1v) is 7.79. The highest BCUT2D eigenvalue weighted by molar-refractivity contribution is 5.85. The zero-order valence-electron chi connectivity index (χ0n) is 13.0. The summed E-state index contributed by atoms with van der Waals surface area (Å²) in [4.78, 5) is 6.82. The molecule has 0 saturated carbocycles. The zero-order chi connectivity index (χ0) is 14.5. The van der Waals surface area contributed by atoms with Gasteiger partial charge in [0, 0.05) is 44.6 Å². The van der Waals surface area contributed by atoms with E-state index in [1.54, 1.807) is 0 Å².